The van der Waals surface area contributed by atoms with E-state index in [0.29, 0.717) is 17.8 Å². The highest BCUT2D eigenvalue weighted by Gasteiger charge is 2.41. The number of hydrogen-bond acceptors (Lipinski definition) is 1. The van der Waals surface area contributed by atoms with E-state index in [4.69, 9.17) is 0 Å². The summed E-state index contributed by atoms with van der Waals surface area (Å²) in [6.07, 6.45) is 29.2. The van der Waals surface area contributed by atoms with E-state index in [1.165, 1.54) is 208 Å². The largest absolute Gasteiger partial charge is 0.310 e. The summed E-state index contributed by atoms with van der Waals surface area (Å²) in [5.74, 6) is 2.05. The molecular weight excluding hydrogens is 879 g/mol. The first-order valence-electron chi connectivity index (χ1n) is 29.3. The molecule has 0 saturated heterocycles. The van der Waals surface area contributed by atoms with E-state index < -0.39 is 0 Å². The van der Waals surface area contributed by atoms with Crippen molar-refractivity contribution in [1.29, 1.82) is 0 Å². The fourth-order valence-corrected chi connectivity index (χ4v) is 14.3. The maximum absolute atomic E-state index is 2.76. The molecule has 1 heteroatoms. The molecule has 0 bridgehead atoms. The minimum absolute atomic E-state index is 0.0881. The van der Waals surface area contributed by atoms with Crippen LogP contribution < -0.4 is 4.90 Å². The lowest BCUT2D eigenvalue weighted by Gasteiger charge is -2.34. The van der Waals surface area contributed by atoms with E-state index in [9.17, 15) is 0 Å². The third-order valence-electron chi connectivity index (χ3n) is 18.4. The zero-order chi connectivity index (χ0) is 49.8. The fourth-order valence-electron chi connectivity index (χ4n) is 14.3. The molecule has 4 aliphatic rings. The first kappa shape index (κ1) is 49.5. The monoisotopic (exact) mass is 962 g/mol. The van der Waals surface area contributed by atoms with Crippen LogP contribution in [-0.4, -0.2) is 0 Å². The van der Waals surface area contributed by atoms with Crippen LogP contribution in [0.15, 0.2) is 158 Å². The first-order chi connectivity index (χ1) is 35.8. The summed E-state index contributed by atoms with van der Waals surface area (Å²) in [5, 5.41) is 0. The lowest BCUT2D eigenvalue weighted by molar-refractivity contribution is 0.421. The van der Waals surface area contributed by atoms with Gasteiger partial charge in [-0.2, -0.15) is 0 Å². The van der Waals surface area contributed by atoms with E-state index in [2.05, 4.69) is 190 Å². The molecule has 0 radical (unpaired) electrons. The Balaban J connectivity index is 1.06. The van der Waals surface area contributed by atoms with E-state index in [1.807, 2.05) is 5.56 Å². The molecule has 0 aliphatic heterocycles. The second kappa shape index (κ2) is 22.0. The molecule has 1 atom stereocenters. The first-order valence-corrected chi connectivity index (χ1v) is 29.3. The molecule has 376 valence electrons. The molecule has 3 fully saturated rings. The minimum Gasteiger partial charge on any atom is -0.310 e. The summed E-state index contributed by atoms with van der Waals surface area (Å²) >= 11 is 0. The molecule has 0 aromatic heterocycles. The number of rotatable bonds is 9. The number of fused-ring (bicyclic) bond motifs is 3. The Morgan fingerprint density at radius 3 is 1.44 bits per heavy atom. The Morgan fingerprint density at radius 1 is 0.384 bits per heavy atom. The van der Waals surface area contributed by atoms with Gasteiger partial charge in [0.15, 0.2) is 0 Å². The topological polar surface area (TPSA) is 3.24 Å². The van der Waals surface area contributed by atoms with Gasteiger partial charge in [0.05, 0.1) is 5.69 Å². The van der Waals surface area contributed by atoms with Crippen LogP contribution in [0.3, 0.4) is 0 Å². The maximum Gasteiger partial charge on any atom is 0.0540 e. The smallest absolute Gasteiger partial charge is 0.0540 e. The molecule has 7 aromatic rings. The highest BCUT2D eigenvalue weighted by molar-refractivity contribution is 5.91. The SMILES string of the molecule is CC(C)(C)c1ccc(C2(C)c3ccccc3-c3ccc(N(c4ccc(-c5cc(C6CCCCCCC6)c(C6CCCCCCC6)c(C6CCCCCCC6)c5)cc4)c4ccccc4-c4ccccc4)cc32)cc1. The molecule has 73 heavy (non-hydrogen) atoms. The van der Waals surface area contributed by atoms with Gasteiger partial charge in [-0.3, -0.25) is 0 Å². The van der Waals surface area contributed by atoms with Crippen molar-refractivity contribution in [2.24, 2.45) is 0 Å². The number of hydrogen-bond donors (Lipinski definition) is 0. The van der Waals surface area contributed by atoms with Gasteiger partial charge in [-0.25, -0.2) is 0 Å². The number of nitrogens with zero attached hydrogens (tertiary/aromatic N) is 1. The van der Waals surface area contributed by atoms with Gasteiger partial charge in [-0.05, 0) is 166 Å². The van der Waals surface area contributed by atoms with E-state index in [1.54, 1.807) is 11.1 Å². The molecular formula is C72H83N. The van der Waals surface area contributed by atoms with Gasteiger partial charge in [0.1, 0.15) is 0 Å². The molecule has 3 saturated carbocycles. The Morgan fingerprint density at radius 2 is 0.863 bits per heavy atom. The van der Waals surface area contributed by atoms with Crippen LogP contribution in [-0.2, 0) is 10.8 Å². The maximum atomic E-state index is 2.76. The minimum atomic E-state index is -0.322. The summed E-state index contributed by atoms with van der Waals surface area (Å²) in [5.41, 5.74) is 22.1. The Kier molecular flexibility index (Phi) is 15.0. The van der Waals surface area contributed by atoms with Crippen molar-refractivity contribution in [3.05, 3.63) is 197 Å². The molecule has 7 aromatic carbocycles. The molecule has 11 rings (SSSR count). The van der Waals surface area contributed by atoms with Crippen molar-refractivity contribution in [3.8, 4) is 33.4 Å². The van der Waals surface area contributed by atoms with Gasteiger partial charge in [0, 0.05) is 22.4 Å². The predicted octanol–water partition coefficient (Wildman–Crippen LogP) is 21.6. The molecule has 0 N–H and O–H groups in total. The molecule has 1 nitrogen and oxygen atoms in total. The van der Waals surface area contributed by atoms with Gasteiger partial charge < -0.3 is 4.90 Å². The van der Waals surface area contributed by atoms with Crippen LogP contribution in [0.1, 0.15) is 219 Å². The third-order valence-corrected chi connectivity index (χ3v) is 18.4. The van der Waals surface area contributed by atoms with Crippen molar-refractivity contribution >= 4 is 17.1 Å². The standard InChI is InChI=1S/C72H83N/c1-71(2,3)58-41-43-59(44-42-58)72(4)67-37-25-23-36-63(67)64-48-47-61(51-68(64)72)73(69-38-26-24-35-62(69)53-27-21-14-22-28-53)60-45-39-52(40-46-60)57-49-65(54-29-15-8-5-9-16-30-54)70(56-33-19-12-7-13-20-34-56)66(50-57)55-31-17-10-6-11-18-32-55/h14,21-28,35-51,54-56H,5-13,15-20,29-34H2,1-4H3. The van der Waals surface area contributed by atoms with Gasteiger partial charge in [0.2, 0.25) is 0 Å². The van der Waals surface area contributed by atoms with Crippen LogP contribution in [0.5, 0.6) is 0 Å². The summed E-state index contributed by atoms with van der Waals surface area (Å²) in [6, 6.07) is 61.4. The van der Waals surface area contributed by atoms with Crippen LogP contribution >= 0.6 is 0 Å². The third kappa shape index (κ3) is 10.3. The molecule has 0 spiro atoms. The summed E-state index contributed by atoms with van der Waals surface area (Å²) in [7, 11) is 0. The summed E-state index contributed by atoms with van der Waals surface area (Å²) in [4.78, 5) is 2.55. The van der Waals surface area contributed by atoms with Crippen LogP contribution in [0.25, 0.3) is 33.4 Å². The van der Waals surface area contributed by atoms with Gasteiger partial charge in [-0.15, -0.1) is 0 Å². The second-order valence-corrected chi connectivity index (χ2v) is 24.2. The predicted molar refractivity (Wildman–Crippen MR) is 313 cm³/mol. The van der Waals surface area contributed by atoms with E-state index in [0.717, 1.165) is 0 Å². The average Bonchev–Trinajstić information content (AvgIpc) is 3.64. The normalized spacial score (nSPS) is 19.6. The van der Waals surface area contributed by atoms with Crippen molar-refractivity contribution in [2.45, 2.75) is 191 Å². The lowest BCUT2D eigenvalue weighted by Crippen LogP contribution is -2.23. The number of para-hydroxylation sites is 1. The number of anilines is 3. The quantitative estimate of drug-likeness (QED) is 0.139. The van der Waals surface area contributed by atoms with Gasteiger partial charge in [-0.1, -0.05) is 244 Å². The molecule has 0 amide bonds. The lowest BCUT2D eigenvalue weighted by atomic mass is 9.71. The Hall–Kier alpha value is -5.66. The van der Waals surface area contributed by atoms with Crippen LogP contribution in [0.4, 0.5) is 17.1 Å². The van der Waals surface area contributed by atoms with Crippen LogP contribution in [0, 0.1) is 0 Å². The highest BCUT2D eigenvalue weighted by atomic mass is 15.1. The van der Waals surface area contributed by atoms with E-state index >= 15 is 0 Å². The molecule has 0 heterocycles. The zero-order valence-electron chi connectivity index (χ0n) is 45.0. The average molecular weight is 962 g/mol. The highest BCUT2D eigenvalue weighted by Crippen LogP contribution is 2.55. The fraction of sp³-hybridized carbons (Fsp3) is 0.417. The van der Waals surface area contributed by atoms with Crippen molar-refractivity contribution in [2.75, 3.05) is 4.90 Å². The van der Waals surface area contributed by atoms with Crippen molar-refractivity contribution in [3.63, 3.8) is 0 Å². The summed E-state index contributed by atoms with van der Waals surface area (Å²) in [6.45, 7) is 9.40. The van der Waals surface area contributed by atoms with Crippen LogP contribution in [0.2, 0.25) is 0 Å². The summed E-state index contributed by atoms with van der Waals surface area (Å²) < 4.78 is 0. The Bertz CT molecular complexity index is 2880. The zero-order valence-corrected chi connectivity index (χ0v) is 45.0. The van der Waals surface area contributed by atoms with Crippen molar-refractivity contribution in [1.82, 2.24) is 0 Å². The Labute approximate surface area is 440 Å². The second-order valence-electron chi connectivity index (χ2n) is 24.2. The molecule has 1 unspecified atom stereocenters. The molecule has 4 aliphatic carbocycles. The van der Waals surface area contributed by atoms with Gasteiger partial charge >= 0.3 is 0 Å². The van der Waals surface area contributed by atoms with Gasteiger partial charge in [0.25, 0.3) is 0 Å². The van der Waals surface area contributed by atoms with E-state index in [-0.39, 0.29) is 10.8 Å². The van der Waals surface area contributed by atoms with Crippen molar-refractivity contribution < 1.29 is 0 Å². The number of benzene rings is 7.